The van der Waals surface area contributed by atoms with Crippen LogP contribution in [0.15, 0.2) is 42.5 Å². The second kappa shape index (κ2) is 12.1. The summed E-state index contributed by atoms with van der Waals surface area (Å²) in [6, 6.07) is 11.8. The van der Waals surface area contributed by atoms with Crippen LogP contribution in [-0.4, -0.2) is 57.1 Å². The van der Waals surface area contributed by atoms with Gasteiger partial charge in [-0.05, 0) is 69.0 Å². The van der Waals surface area contributed by atoms with Crippen molar-refractivity contribution >= 4 is 27.5 Å². The van der Waals surface area contributed by atoms with Crippen molar-refractivity contribution < 1.29 is 22.7 Å². The summed E-state index contributed by atoms with van der Waals surface area (Å²) in [7, 11) is -2.20. The van der Waals surface area contributed by atoms with Gasteiger partial charge in [0.1, 0.15) is 18.3 Å². The van der Waals surface area contributed by atoms with Crippen molar-refractivity contribution in [2.45, 2.75) is 59.7 Å². The van der Waals surface area contributed by atoms with Gasteiger partial charge < -0.3 is 15.0 Å². The number of ether oxygens (including phenoxy) is 1. The van der Waals surface area contributed by atoms with Gasteiger partial charge in [-0.1, -0.05) is 31.2 Å². The van der Waals surface area contributed by atoms with E-state index in [1.807, 2.05) is 52.0 Å². The number of amides is 2. The maximum Gasteiger partial charge on any atom is 0.244 e. The van der Waals surface area contributed by atoms with E-state index in [-0.39, 0.29) is 18.5 Å². The van der Waals surface area contributed by atoms with E-state index in [1.165, 1.54) is 4.90 Å². The van der Waals surface area contributed by atoms with Crippen LogP contribution in [0.5, 0.6) is 5.75 Å². The molecule has 35 heavy (non-hydrogen) atoms. The van der Waals surface area contributed by atoms with Crippen molar-refractivity contribution in [3.63, 3.8) is 0 Å². The fraction of sp³-hybridized carbons (Fsp3) is 0.462. The summed E-state index contributed by atoms with van der Waals surface area (Å²) < 4.78 is 31.9. The number of carbonyl (C=O) groups excluding carboxylic acids is 2. The van der Waals surface area contributed by atoms with Gasteiger partial charge in [0.05, 0.1) is 19.1 Å². The standard InChI is InChI=1S/C26H37N3O5S/c1-8-23(26(31)27-18(2)3)28(16-21-11-13-22(34-6)14-12-21)25(30)17-29(35(7,32)33)24-15-19(4)9-10-20(24)5/h9-15,18,23H,8,16-17H2,1-7H3,(H,27,31)/t23-/m1/s1. The Morgan fingerprint density at radius 3 is 2.20 bits per heavy atom. The lowest BCUT2D eigenvalue weighted by atomic mass is 10.1. The van der Waals surface area contributed by atoms with Gasteiger partial charge in [0.2, 0.25) is 21.8 Å². The highest BCUT2D eigenvalue weighted by Gasteiger charge is 2.32. The Bertz CT molecular complexity index is 1130. The Morgan fingerprint density at radius 2 is 1.69 bits per heavy atom. The van der Waals surface area contributed by atoms with Crippen molar-refractivity contribution in [3.05, 3.63) is 59.2 Å². The number of benzene rings is 2. The molecular formula is C26H37N3O5S. The summed E-state index contributed by atoms with van der Waals surface area (Å²) in [6.45, 7) is 8.94. The van der Waals surface area contributed by atoms with Crippen molar-refractivity contribution in [2.75, 3.05) is 24.2 Å². The molecule has 0 bridgehead atoms. The van der Waals surface area contributed by atoms with Crippen molar-refractivity contribution in [3.8, 4) is 5.75 Å². The van der Waals surface area contributed by atoms with Crippen LogP contribution in [0.3, 0.4) is 0 Å². The lowest BCUT2D eigenvalue weighted by molar-refractivity contribution is -0.140. The first-order chi connectivity index (χ1) is 16.4. The zero-order chi connectivity index (χ0) is 26.3. The number of methoxy groups -OCH3 is 1. The molecule has 0 radical (unpaired) electrons. The fourth-order valence-corrected chi connectivity index (χ4v) is 4.71. The van der Waals surface area contributed by atoms with Gasteiger partial charge in [-0.2, -0.15) is 0 Å². The van der Waals surface area contributed by atoms with Gasteiger partial charge in [-0.25, -0.2) is 8.42 Å². The lowest BCUT2D eigenvalue weighted by Crippen LogP contribution is -2.53. The summed E-state index contributed by atoms with van der Waals surface area (Å²) in [4.78, 5) is 28.2. The van der Waals surface area contributed by atoms with Crippen LogP contribution in [0.25, 0.3) is 0 Å². The molecular weight excluding hydrogens is 466 g/mol. The van der Waals surface area contributed by atoms with Crippen LogP contribution in [-0.2, 0) is 26.2 Å². The Balaban J connectivity index is 2.48. The molecule has 8 nitrogen and oxygen atoms in total. The monoisotopic (exact) mass is 503 g/mol. The molecule has 2 amide bonds. The summed E-state index contributed by atoms with van der Waals surface area (Å²) in [5.74, 6) is -0.0608. The SMILES string of the molecule is CC[C@H](C(=O)NC(C)C)N(Cc1ccc(OC)cc1)C(=O)CN(c1cc(C)ccc1C)S(C)(=O)=O. The number of aryl methyl sites for hydroxylation is 2. The van der Waals surface area contributed by atoms with E-state index in [0.717, 1.165) is 27.3 Å². The molecule has 2 aromatic rings. The van der Waals surface area contributed by atoms with Crippen LogP contribution in [0.1, 0.15) is 43.9 Å². The highest BCUT2D eigenvalue weighted by atomic mass is 32.2. The molecule has 1 N–H and O–H groups in total. The zero-order valence-corrected chi connectivity index (χ0v) is 22.5. The van der Waals surface area contributed by atoms with Gasteiger partial charge in [0.25, 0.3) is 0 Å². The first kappa shape index (κ1) is 28.2. The third-order valence-electron chi connectivity index (χ3n) is 5.64. The molecule has 9 heteroatoms. The van der Waals surface area contributed by atoms with Gasteiger partial charge in [0.15, 0.2) is 0 Å². The van der Waals surface area contributed by atoms with Crippen LogP contribution >= 0.6 is 0 Å². The molecule has 0 spiro atoms. The molecule has 2 aromatic carbocycles. The molecule has 0 fully saturated rings. The molecule has 0 saturated heterocycles. The first-order valence-corrected chi connectivity index (χ1v) is 13.5. The summed E-state index contributed by atoms with van der Waals surface area (Å²) in [5.41, 5.74) is 2.86. The van der Waals surface area contributed by atoms with Gasteiger partial charge in [-0.3, -0.25) is 13.9 Å². The number of hydrogen-bond donors (Lipinski definition) is 1. The van der Waals surface area contributed by atoms with E-state index < -0.39 is 28.5 Å². The van der Waals surface area contributed by atoms with E-state index in [9.17, 15) is 18.0 Å². The lowest BCUT2D eigenvalue weighted by Gasteiger charge is -2.33. The van der Waals surface area contributed by atoms with Crippen LogP contribution in [0.2, 0.25) is 0 Å². The van der Waals surface area contributed by atoms with E-state index in [0.29, 0.717) is 17.9 Å². The highest BCUT2D eigenvalue weighted by molar-refractivity contribution is 7.92. The largest absolute Gasteiger partial charge is 0.497 e. The average molecular weight is 504 g/mol. The second-order valence-corrected chi connectivity index (χ2v) is 10.9. The van der Waals surface area contributed by atoms with Gasteiger partial charge >= 0.3 is 0 Å². The molecule has 0 heterocycles. The number of carbonyl (C=O) groups is 2. The minimum absolute atomic E-state index is 0.100. The molecule has 2 rings (SSSR count). The Kier molecular flexibility index (Phi) is 9.71. The summed E-state index contributed by atoms with van der Waals surface area (Å²) in [6.07, 6.45) is 1.46. The maximum absolute atomic E-state index is 13.7. The molecule has 0 unspecified atom stereocenters. The van der Waals surface area contributed by atoms with Crippen molar-refractivity contribution in [1.82, 2.24) is 10.2 Å². The zero-order valence-electron chi connectivity index (χ0n) is 21.7. The number of nitrogens with zero attached hydrogens (tertiary/aromatic N) is 2. The average Bonchev–Trinajstić information content (AvgIpc) is 2.78. The van der Waals surface area contributed by atoms with Gasteiger partial charge in [0, 0.05) is 12.6 Å². The second-order valence-electron chi connectivity index (χ2n) is 9.02. The normalized spacial score (nSPS) is 12.2. The van der Waals surface area contributed by atoms with E-state index in [4.69, 9.17) is 4.74 Å². The smallest absolute Gasteiger partial charge is 0.244 e. The third-order valence-corrected chi connectivity index (χ3v) is 6.77. The molecule has 0 aliphatic carbocycles. The number of hydrogen-bond acceptors (Lipinski definition) is 5. The number of sulfonamides is 1. The molecule has 0 aromatic heterocycles. The first-order valence-electron chi connectivity index (χ1n) is 11.6. The van der Waals surface area contributed by atoms with E-state index in [2.05, 4.69) is 5.32 Å². The summed E-state index contributed by atoms with van der Waals surface area (Å²) >= 11 is 0. The van der Waals surface area contributed by atoms with Crippen LogP contribution in [0, 0.1) is 13.8 Å². The summed E-state index contributed by atoms with van der Waals surface area (Å²) in [5, 5.41) is 2.88. The Labute approximate surface area is 209 Å². The molecule has 0 aliphatic heterocycles. The van der Waals surface area contributed by atoms with Crippen LogP contribution < -0.4 is 14.4 Å². The topological polar surface area (TPSA) is 96.0 Å². The number of anilines is 1. The van der Waals surface area contributed by atoms with E-state index in [1.54, 1.807) is 32.2 Å². The third kappa shape index (κ3) is 7.71. The maximum atomic E-state index is 13.7. The fourth-order valence-electron chi connectivity index (χ4n) is 3.81. The highest BCUT2D eigenvalue weighted by Crippen LogP contribution is 2.25. The molecule has 192 valence electrons. The van der Waals surface area contributed by atoms with Crippen molar-refractivity contribution in [2.24, 2.45) is 0 Å². The number of rotatable bonds is 11. The predicted octanol–water partition coefficient (Wildman–Crippen LogP) is 3.41. The minimum Gasteiger partial charge on any atom is -0.497 e. The van der Waals surface area contributed by atoms with E-state index >= 15 is 0 Å². The number of nitrogens with one attached hydrogen (secondary N) is 1. The van der Waals surface area contributed by atoms with Gasteiger partial charge in [-0.15, -0.1) is 0 Å². The quantitative estimate of drug-likeness (QED) is 0.507. The van der Waals surface area contributed by atoms with Crippen LogP contribution in [0.4, 0.5) is 5.69 Å². The molecule has 0 saturated carbocycles. The predicted molar refractivity (Wildman–Crippen MR) is 139 cm³/mol. The van der Waals surface area contributed by atoms with Crippen molar-refractivity contribution in [1.29, 1.82) is 0 Å². The Hall–Kier alpha value is -3.07. The molecule has 0 aliphatic rings. The minimum atomic E-state index is -3.77. The molecule has 1 atom stereocenters. The Morgan fingerprint density at radius 1 is 1.06 bits per heavy atom.